The summed E-state index contributed by atoms with van der Waals surface area (Å²) in [5.74, 6) is 1.71. The molecule has 4 aromatic rings. The molecule has 152 valence electrons. The highest BCUT2D eigenvalue weighted by Crippen LogP contribution is 2.25. The van der Waals surface area contributed by atoms with Gasteiger partial charge in [0.1, 0.15) is 12.4 Å². The zero-order chi connectivity index (χ0) is 20.8. The summed E-state index contributed by atoms with van der Waals surface area (Å²) in [4.78, 5) is 20.9. The fourth-order valence-electron chi connectivity index (χ4n) is 2.87. The molecular formula is C23H21N3O3S. The highest BCUT2D eigenvalue weighted by molar-refractivity contribution is 7.07. The minimum absolute atomic E-state index is 0.130. The summed E-state index contributed by atoms with van der Waals surface area (Å²) < 4.78 is 11.6. The molecule has 0 unspecified atom stereocenters. The summed E-state index contributed by atoms with van der Waals surface area (Å²) in [5.41, 5.74) is 5.40. The Morgan fingerprint density at radius 3 is 2.77 bits per heavy atom. The Labute approximate surface area is 178 Å². The zero-order valence-corrected chi connectivity index (χ0v) is 17.3. The second-order valence-corrected chi connectivity index (χ2v) is 7.52. The second-order valence-electron chi connectivity index (χ2n) is 6.80. The first-order chi connectivity index (χ1) is 14.7. The van der Waals surface area contributed by atoms with Crippen molar-refractivity contribution >= 4 is 22.9 Å². The molecule has 0 saturated carbocycles. The number of aromatic nitrogens is 2. The van der Waals surface area contributed by atoms with Gasteiger partial charge in [-0.15, -0.1) is 11.3 Å². The van der Waals surface area contributed by atoms with Crippen LogP contribution in [0.1, 0.15) is 23.6 Å². The lowest BCUT2D eigenvalue weighted by Crippen LogP contribution is -2.13. The van der Waals surface area contributed by atoms with Crippen LogP contribution in [0.5, 0.6) is 5.75 Å². The van der Waals surface area contributed by atoms with E-state index in [1.54, 1.807) is 11.7 Å². The topological polar surface area (TPSA) is 77.2 Å². The van der Waals surface area contributed by atoms with Crippen LogP contribution in [0.15, 0.2) is 70.0 Å². The van der Waals surface area contributed by atoms with Crippen molar-refractivity contribution in [2.24, 2.45) is 0 Å². The molecule has 0 atom stereocenters. The maximum Gasteiger partial charge on any atom is 0.224 e. The van der Waals surface area contributed by atoms with Gasteiger partial charge in [0.2, 0.25) is 5.91 Å². The Morgan fingerprint density at radius 2 is 1.97 bits per heavy atom. The van der Waals surface area contributed by atoms with Crippen molar-refractivity contribution in [3.05, 3.63) is 82.8 Å². The van der Waals surface area contributed by atoms with Crippen LogP contribution >= 0.6 is 11.3 Å². The number of oxazole rings is 1. The van der Waals surface area contributed by atoms with Gasteiger partial charge in [-0.25, -0.2) is 9.97 Å². The summed E-state index contributed by atoms with van der Waals surface area (Å²) in [5, 5.41) is 4.84. The van der Waals surface area contributed by atoms with Crippen LogP contribution < -0.4 is 10.1 Å². The van der Waals surface area contributed by atoms with Gasteiger partial charge in [-0.1, -0.05) is 42.0 Å². The number of para-hydroxylation sites is 2. The van der Waals surface area contributed by atoms with E-state index in [0.717, 1.165) is 11.3 Å². The minimum Gasteiger partial charge on any atom is -0.485 e. The number of nitrogens with one attached hydrogen (secondary N) is 1. The highest BCUT2D eigenvalue weighted by Gasteiger charge is 2.11. The number of hydrogen-bond donors (Lipinski definition) is 1. The van der Waals surface area contributed by atoms with Gasteiger partial charge in [-0.3, -0.25) is 4.79 Å². The van der Waals surface area contributed by atoms with Gasteiger partial charge >= 0.3 is 0 Å². The SMILES string of the molecule is Cc1ccc(-c2cnc(CCC(=O)Nc3ccccc3OCc3cscn3)o2)cc1. The Balaban J connectivity index is 1.33. The number of thiazole rings is 1. The molecule has 0 fully saturated rings. The van der Waals surface area contributed by atoms with Crippen LogP contribution in [0.4, 0.5) is 5.69 Å². The molecule has 0 bridgehead atoms. The van der Waals surface area contributed by atoms with E-state index in [9.17, 15) is 4.79 Å². The molecule has 7 heteroatoms. The summed E-state index contributed by atoms with van der Waals surface area (Å²) >= 11 is 1.52. The molecule has 2 aromatic carbocycles. The first kappa shape index (κ1) is 19.8. The van der Waals surface area contributed by atoms with Crippen LogP contribution in [0.25, 0.3) is 11.3 Å². The van der Waals surface area contributed by atoms with Crippen LogP contribution in [0.3, 0.4) is 0 Å². The van der Waals surface area contributed by atoms with Crippen LogP contribution in [-0.2, 0) is 17.8 Å². The quantitative estimate of drug-likeness (QED) is 0.422. The second kappa shape index (κ2) is 9.37. The van der Waals surface area contributed by atoms with E-state index in [-0.39, 0.29) is 12.3 Å². The number of carbonyl (C=O) groups excluding carboxylic acids is 1. The van der Waals surface area contributed by atoms with E-state index in [1.807, 2.05) is 60.8 Å². The van der Waals surface area contributed by atoms with E-state index >= 15 is 0 Å². The van der Waals surface area contributed by atoms with Crippen molar-refractivity contribution in [1.82, 2.24) is 9.97 Å². The molecule has 30 heavy (non-hydrogen) atoms. The van der Waals surface area contributed by atoms with Crippen molar-refractivity contribution in [3.63, 3.8) is 0 Å². The van der Waals surface area contributed by atoms with E-state index in [2.05, 4.69) is 15.3 Å². The molecule has 2 aromatic heterocycles. The van der Waals surface area contributed by atoms with Crippen molar-refractivity contribution in [2.75, 3.05) is 5.32 Å². The normalized spacial score (nSPS) is 10.7. The van der Waals surface area contributed by atoms with Gasteiger partial charge in [0.15, 0.2) is 11.7 Å². The fourth-order valence-corrected chi connectivity index (χ4v) is 3.41. The lowest BCUT2D eigenvalue weighted by atomic mass is 10.1. The fraction of sp³-hybridized carbons (Fsp3) is 0.174. The highest BCUT2D eigenvalue weighted by atomic mass is 32.1. The first-order valence-corrected chi connectivity index (χ1v) is 10.5. The third kappa shape index (κ3) is 5.12. The third-order valence-corrected chi connectivity index (χ3v) is 5.11. The summed E-state index contributed by atoms with van der Waals surface area (Å²) in [6, 6.07) is 15.4. The molecule has 0 spiro atoms. The van der Waals surface area contributed by atoms with Crippen molar-refractivity contribution in [3.8, 4) is 17.1 Å². The Bertz CT molecular complexity index is 1100. The van der Waals surface area contributed by atoms with Crippen molar-refractivity contribution in [2.45, 2.75) is 26.4 Å². The number of carbonyl (C=O) groups is 1. The van der Waals surface area contributed by atoms with Crippen molar-refractivity contribution in [1.29, 1.82) is 0 Å². The molecule has 0 radical (unpaired) electrons. The molecule has 1 amide bonds. The largest absolute Gasteiger partial charge is 0.485 e. The van der Waals surface area contributed by atoms with E-state index < -0.39 is 0 Å². The monoisotopic (exact) mass is 419 g/mol. The summed E-state index contributed by atoms with van der Waals surface area (Å²) in [6.45, 7) is 2.39. The van der Waals surface area contributed by atoms with Gasteiger partial charge in [-0.05, 0) is 19.1 Å². The first-order valence-electron chi connectivity index (χ1n) is 9.58. The number of anilines is 1. The predicted octanol–water partition coefficient (Wildman–Crippen LogP) is 5.26. The zero-order valence-electron chi connectivity index (χ0n) is 16.5. The van der Waals surface area contributed by atoms with Gasteiger partial charge in [0, 0.05) is 23.8 Å². The van der Waals surface area contributed by atoms with Crippen molar-refractivity contribution < 1.29 is 13.9 Å². The number of ether oxygens (including phenoxy) is 1. The molecular weight excluding hydrogens is 398 g/mol. The summed E-state index contributed by atoms with van der Waals surface area (Å²) in [7, 11) is 0. The molecule has 0 aliphatic carbocycles. The summed E-state index contributed by atoms with van der Waals surface area (Å²) in [6.07, 6.45) is 2.37. The number of hydrogen-bond acceptors (Lipinski definition) is 6. The molecule has 0 aliphatic heterocycles. The number of amides is 1. The maximum absolute atomic E-state index is 12.4. The standard InChI is InChI=1S/C23H21N3O3S/c1-16-6-8-17(9-7-16)21-12-24-23(29-21)11-10-22(27)26-19-4-2-3-5-20(19)28-13-18-14-30-15-25-18/h2-9,12,14-15H,10-11,13H2,1H3,(H,26,27). The van der Waals surface area contributed by atoms with Gasteiger partial charge in [-0.2, -0.15) is 0 Å². The molecule has 6 nitrogen and oxygen atoms in total. The number of rotatable bonds is 8. The van der Waals surface area contributed by atoms with Crippen LogP contribution in [0.2, 0.25) is 0 Å². The average Bonchev–Trinajstić information content (AvgIpc) is 3.44. The number of benzene rings is 2. The lowest BCUT2D eigenvalue weighted by Gasteiger charge is -2.11. The van der Waals surface area contributed by atoms with Gasteiger partial charge < -0.3 is 14.5 Å². The van der Waals surface area contributed by atoms with Crippen LogP contribution in [-0.4, -0.2) is 15.9 Å². The lowest BCUT2D eigenvalue weighted by molar-refractivity contribution is -0.116. The van der Waals surface area contributed by atoms with E-state index in [4.69, 9.17) is 9.15 Å². The average molecular weight is 420 g/mol. The third-order valence-electron chi connectivity index (χ3n) is 4.48. The Kier molecular flexibility index (Phi) is 6.20. The molecule has 0 saturated heterocycles. The molecule has 1 N–H and O–H groups in total. The minimum atomic E-state index is -0.130. The van der Waals surface area contributed by atoms with Crippen LogP contribution in [0, 0.1) is 6.92 Å². The Hall–Kier alpha value is -3.45. The molecule has 2 heterocycles. The number of aryl methyl sites for hydroxylation is 2. The van der Waals surface area contributed by atoms with Gasteiger partial charge in [0.25, 0.3) is 0 Å². The smallest absolute Gasteiger partial charge is 0.224 e. The van der Waals surface area contributed by atoms with E-state index in [1.165, 1.54) is 16.9 Å². The van der Waals surface area contributed by atoms with E-state index in [0.29, 0.717) is 36.1 Å². The predicted molar refractivity (Wildman–Crippen MR) is 117 cm³/mol. The van der Waals surface area contributed by atoms with Gasteiger partial charge in [0.05, 0.1) is 23.1 Å². The maximum atomic E-state index is 12.4. The molecule has 4 rings (SSSR count). The molecule has 0 aliphatic rings. The number of nitrogens with zero attached hydrogens (tertiary/aromatic N) is 2. The Morgan fingerprint density at radius 1 is 1.13 bits per heavy atom.